The standard InChI is InChI=1S/C9H11N3O3/c1-9(15)4-12(5-9)8-10-2-6(3-11-8)7(13)14/h2-3,15H,4-5H2,1H3,(H,13,14). The number of carboxylic acid groups (broad SMARTS) is 1. The fourth-order valence-electron chi connectivity index (χ4n) is 1.51. The van der Waals surface area contributed by atoms with E-state index in [1.54, 1.807) is 11.8 Å². The van der Waals surface area contributed by atoms with Gasteiger partial charge in [-0.25, -0.2) is 14.8 Å². The summed E-state index contributed by atoms with van der Waals surface area (Å²) in [5, 5.41) is 18.1. The van der Waals surface area contributed by atoms with Gasteiger partial charge in [0.25, 0.3) is 0 Å². The van der Waals surface area contributed by atoms with Crippen molar-refractivity contribution in [2.45, 2.75) is 12.5 Å². The highest BCUT2D eigenvalue weighted by Gasteiger charge is 2.37. The van der Waals surface area contributed by atoms with Crippen molar-refractivity contribution < 1.29 is 15.0 Å². The second kappa shape index (κ2) is 3.16. The molecule has 80 valence electrons. The average Bonchev–Trinajstić information content (AvgIpc) is 2.14. The van der Waals surface area contributed by atoms with Crippen LogP contribution >= 0.6 is 0 Å². The van der Waals surface area contributed by atoms with Crippen LogP contribution in [0.1, 0.15) is 17.3 Å². The van der Waals surface area contributed by atoms with Gasteiger partial charge in [0.05, 0.1) is 24.3 Å². The molecule has 1 aliphatic rings. The van der Waals surface area contributed by atoms with Gasteiger partial charge >= 0.3 is 5.97 Å². The van der Waals surface area contributed by atoms with Gasteiger partial charge in [-0.05, 0) is 6.92 Å². The van der Waals surface area contributed by atoms with Crippen molar-refractivity contribution in [2.75, 3.05) is 18.0 Å². The highest BCUT2D eigenvalue weighted by molar-refractivity contribution is 5.86. The van der Waals surface area contributed by atoms with Crippen molar-refractivity contribution >= 4 is 11.9 Å². The summed E-state index contributed by atoms with van der Waals surface area (Å²) in [4.78, 5) is 20.1. The van der Waals surface area contributed by atoms with Crippen LogP contribution in [0.3, 0.4) is 0 Å². The Bertz CT molecular complexity index is 380. The van der Waals surface area contributed by atoms with Gasteiger partial charge in [-0.3, -0.25) is 0 Å². The molecule has 1 aromatic heterocycles. The van der Waals surface area contributed by atoms with Crippen LogP contribution in [0.2, 0.25) is 0 Å². The van der Waals surface area contributed by atoms with Crippen LogP contribution in [-0.4, -0.2) is 44.8 Å². The molecule has 1 saturated heterocycles. The zero-order chi connectivity index (χ0) is 11.1. The summed E-state index contributed by atoms with van der Waals surface area (Å²) in [5.41, 5.74) is -0.625. The molecule has 0 aromatic carbocycles. The molecule has 2 rings (SSSR count). The van der Waals surface area contributed by atoms with E-state index in [0.717, 1.165) is 0 Å². The van der Waals surface area contributed by atoms with Gasteiger partial charge in [0.1, 0.15) is 0 Å². The smallest absolute Gasteiger partial charge is 0.338 e. The van der Waals surface area contributed by atoms with Crippen LogP contribution in [0.15, 0.2) is 12.4 Å². The maximum absolute atomic E-state index is 10.5. The first kappa shape index (κ1) is 9.85. The van der Waals surface area contributed by atoms with Crippen molar-refractivity contribution in [1.82, 2.24) is 9.97 Å². The lowest BCUT2D eigenvalue weighted by molar-refractivity contribution is 0.0299. The summed E-state index contributed by atoms with van der Waals surface area (Å²) in [5.74, 6) is -0.594. The van der Waals surface area contributed by atoms with Crippen LogP contribution in [0.25, 0.3) is 0 Å². The lowest BCUT2D eigenvalue weighted by atomic mass is 9.98. The SMILES string of the molecule is CC1(O)CN(c2ncc(C(=O)O)cn2)C1. The van der Waals surface area contributed by atoms with E-state index < -0.39 is 11.6 Å². The zero-order valence-electron chi connectivity index (χ0n) is 8.21. The number of anilines is 1. The Hall–Kier alpha value is -1.69. The van der Waals surface area contributed by atoms with Gasteiger partial charge in [0, 0.05) is 12.4 Å². The number of nitrogens with zero attached hydrogens (tertiary/aromatic N) is 3. The third-order valence-electron chi connectivity index (χ3n) is 2.23. The second-order valence-electron chi connectivity index (χ2n) is 3.93. The molecule has 1 aromatic rings. The number of aliphatic hydroxyl groups is 1. The minimum atomic E-state index is -1.04. The number of carbonyl (C=O) groups is 1. The average molecular weight is 209 g/mol. The molecule has 2 heterocycles. The van der Waals surface area contributed by atoms with Crippen molar-refractivity contribution in [3.05, 3.63) is 18.0 Å². The Labute approximate surface area is 86.2 Å². The number of hydrogen-bond donors (Lipinski definition) is 2. The monoisotopic (exact) mass is 209 g/mol. The molecule has 0 bridgehead atoms. The topological polar surface area (TPSA) is 86.5 Å². The van der Waals surface area contributed by atoms with E-state index in [4.69, 9.17) is 5.11 Å². The number of aromatic carboxylic acids is 1. The Morgan fingerprint density at radius 3 is 2.40 bits per heavy atom. The van der Waals surface area contributed by atoms with Crippen LogP contribution in [-0.2, 0) is 0 Å². The third-order valence-corrected chi connectivity index (χ3v) is 2.23. The van der Waals surface area contributed by atoms with Crippen LogP contribution in [0, 0.1) is 0 Å². The summed E-state index contributed by atoms with van der Waals surface area (Å²) in [6.07, 6.45) is 2.52. The molecule has 2 N–H and O–H groups in total. The largest absolute Gasteiger partial charge is 0.478 e. The molecular weight excluding hydrogens is 198 g/mol. The molecule has 6 nitrogen and oxygen atoms in total. The molecule has 0 saturated carbocycles. The molecular formula is C9H11N3O3. The van der Waals surface area contributed by atoms with Crippen molar-refractivity contribution in [3.8, 4) is 0 Å². The minimum absolute atomic E-state index is 0.0611. The summed E-state index contributed by atoms with van der Waals surface area (Å²) in [6, 6.07) is 0. The summed E-state index contributed by atoms with van der Waals surface area (Å²) >= 11 is 0. The van der Waals surface area contributed by atoms with E-state index >= 15 is 0 Å². The summed E-state index contributed by atoms with van der Waals surface area (Å²) in [7, 11) is 0. The van der Waals surface area contributed by atoms with Crippen LogP contribution in [0.5, 0.6) is 0 Å². The Kier molecular flexibility index (Phi) is 2.08. The molecule has 0 unspecified atom stereocenters. The number of hydrogen-bond acceptors (Lipinski definition) is 5. The Balaban J connectivity index is 2.09. The number of β-amino-alcohol motifs (C(OH)–C–C–N with tert-alkyl or cyclic N) is 1. The van der Waals surface area contributed by atoms with E-state index in [1.807, 2.05) is 0 Å². The molecule has 1 aliphatic heterocycles. The first-order valence-electron chi connectivity index (χ1n) is 4.51. The van der Waals surface area contributed by atoms with Crippen molar-refractivity contribution in [3.63, 3.8) is 0 Å². The van der Waals surface area contributed by atoms with Gasteiger partial charge in [-0.1, -0.05) is 0 Å². The zero-order valence-corrected chi connectivity index (χ0v) is 8.21. The minimum Gasteiger partial charge on any atom is -0.478 e. The van der Waals surface area contributed by atoms with Crippen LogP contribution in [0.4, 0.5) is 5.95 Å². The predicted molar refractivity (Wildman–Crippen MR) is 51.8 cm³/mol. The van der Waals surface area contributed by atoms with Crippen molar-refractivity contribution in [1.29, 1.82) is 0 Å². The summed E-state index contributed by atoms with van der Waals surface area (Å²) < 4.78 is 0. The first-order chi connectivity index (χ1) is 6.98. The highest BCUT2D eigenvalue weighted by atomic mass is 16.4. The van der Waals surface area contributed by atoms with Gasteiger partial charge in [-0.2, -0.15) is 0 Å². The molecule has 0 spiro atoms. The second-order valence-corrected chi connectivity index (χ2v) is 3.93. The molecule has 0 radical (unpaired) electrons. The molecule has 15 heavy (non-hydrogen) atoms. The third kappa shape index (κ3) is 1.89. The number of rotatable bonds is 2. The molecule has 6 heteroatoms. The lowest BCUT2D eigenvalue weighted by Crippen LogP contribution is -2.60. The number of aromatic nitrogens is 2. The van der Waals surface area contributed by atoms with E-state index in [0.29, 0.717) is 19.0 Å². The van der Waals surface area contributed by atoms with E-state index in [1.165, 1.54) is 12.4 Å². The fourth-order valence-corrected chi connectivity index (χ4v) is 1.51. The van der Waals surface area contributed by atoms with Gasteiger partial charge in [0.2, 0.25) is 5.95 Å². The Morgan fingerprint density at radius 1 is 1.47 bits per heavy atom. The lowest BCUT2D eigenvalue weighted by Gasteiger charge is -2.44. The van der Waals surface area contributed by atoms with Crippen LogP contribution < -0.4 is 4.90 Å². The molecule has 1 fully saturated rings. The highest BCUT2D eigenvalue weighted by Crippen LogP contribution is 2.23. The first-order valence-corrected chi connectivity index (χ1v) is 4.51. The molecule has 0 atom stereocenters. The number of carboxylic acids is 1. The van der Waals surface area contributed by atoms with E-state index in [-0.39, 0.29) is 5.56 Å². The fraction of sp³-hybridized carbons (Fsp3) is 0.444. The van der Waals surface area contributed by atoms with Crippen molar-refractivity contribution in [2.24, 2.45) is 0 Å². The normalized spacial score (nSPS) is 18.4. The summed E-state index contributed by atoms with van der Waals surface area (Å²) in [6.45, 7) is 2.67. The predicted octanol–water partition coefficient (Wildman–Crippen LogP) is -0.254. The molecule has 0 amide bonds. The van der Waals surface area contributed by atoms with Gasteiger partial charge < -0.3 is 15.1 Å². The van der Waals surface area contributed by atoms with E-state index in [9.17, 15) is 9.90 Å². The van der Waals surface area contributed by atoms with Gasteiger partial charge in [-0.15, -0.1) is 0 Å². The maximum Gasteiger partial charge on any atom is 0.338 e. The van der Waals surface area contributed by atoms with E-state index in [2.05, 4.69) is 9.97 Å². The molecule has 0 aliphatic carbocycles. The van der Waals surface area contributed by atoms with Gasteiger partial charge in [0.15, 0.2) is 0 Å². The quantitative estimate of drug-likeness (QED) is 0.698. The maximum atomic E-state index is 10.5. The Morgan fingerprint density at radius 2 is 2.00 bits per heavy atom.